The lowest BCUT2D eigenvalue weighted by atomic mass is 10.2. The van der Waals surface area contributed by atoms with Crippen molar-refractivity contribution in [1.82, 2.24) is 0 Å². The lowest BCUT2D eigenvalue weighted by Gasteiger charge is -1.92. The smallest absolute Gasteiger partial charge is 0.140 e. The molecule has 2 rings (SSSR count). The quantitative estimate of drug-likeness (QED) is 0.706. The molecule has 0 amide bonds. The number of nitriles is 1. The first-order valence-corrected chi connectivity index (χ1v) is 5.99. The Morgan fingerprint density at radius 1 is 1.18 bits per heavy atom. The molecule has 0 bridgehead atoms. The van der Waals surface area contributed by atoms with Crippen LogP contribution in [0, 0.1) is 25.2 Å². The highest BCUT2D eigenvalue weighted by Crippen LogP contribution is 2.29. The highest BCUT2D eigenvalue weighted by atomic mass is 32.1. The van der Waals surface area contributed by atoms with Crippen LogP contribution in [0.1, 0.15) is 16.0 Å². The minimum Gasteiger partial charge on any atom is -0.192 e. The molecule has 0 radical (unpaired) electrons. The number of thiophene rings is 1. The molecule has 0 N–H and O–H groups in total. The van der Waals surface area contributed by atoms with Gasteiger partial charge in [-0.25, -0.2) is 0 Å². The number of aryl methyl sites for hydroxylation is 2. The Morgan fingerprint density at radius 3 is 2.65 bits per heavy atom. The summed E-state index contributed by atoms with van der Waals surface area (Å²) in [6, 6.07) is 11.7. The van der Waals surface area contributed by atoms with Crippen LogP contribution in [0.2, 0.25) is 0 Å². The van der Waals surface area contributed by atoms with Crippen molar-refractivity contribution >= 4 is 22.0 Å². The van der Waals surface area contributed by atoms with E-state index in [1.54, 1.807) is 6.07 Å². The van der Waals surface area contributed by atoms with Crippen LogP contribution < -0.4 is 0 Å². The molecule has 0 spiro atoms. The summed E-state index contributed by atoms with van der Waals surface area (Å²) in [6.07, 6.45) is 0. The number of rotatable bonds is 2. The van der Waals surface area contributed by atoms with Crippen molar-refractivity contribution in [3.63, 3.8) is 0 Å². The maximum atomic E-state index is 8.84. The summed E-state index contributed by atoms with van der Waals surface area (Å²) in [6.45, 7) is 3.93. The van der Waals surface area contributed by atoms with Gasteiger partial charge in [-0.3, -0.25) is 0 Å². The number of nitrogens with zero attached hydrogens (tertiary/aromatic N) is 3. The Kier molecular flexibility index (Phi) is 3.31. The summed E-state index contributed by atoms with van der Waals surface area (Å²) in [5.41, 5.74) is 2.66. The number of hydrogen-bond donors (Lipinski definition) is 0. The van der Waals surface area contributed by atoms with Gasteiger partial charge in [0.15, 0.2) is 0 Å². The molecule has 4 heteroatoms. The van der Waals surface area contributed by atoms with Gasteiger partial charge in [0.05, 0.1) is 11.3 Å². The second kappa shape index (κ2) is 4.89. The standard InChI is InChI=1S/C13H11N3S/c1-9-4-3-5-12(6-9)15-16-13-7-11(8-14)10(2)17-13/h3-7H,1-2H3. The zero-order chi connectivity index (χ0) is 12.3. The number of azo groups is 1. The van der Waals surface area contributed by atoms with Crippen LogP contribution in [0.25, 0.3) is 0 Å². The average Bonchev–Trinajstić information content (AvgIpc) is 2.67. The monoisotopic (exact) mass is 241 g/mol. The molecule has 0 fully saturated rings. The van der Waals surface area contributed by atoms with Gasteiger partial charge in [-0.05, 0) is 37.6 Å². The molecule has 0 aliphatic carbocycles. The molecular formula is C13H11N3S. The van der Waals surface area contributed by atoms with Gasteiger partial charge in [-0.15, -0.1) is 21.6 Å². The molecule has 84 valence electrons. The topological polar surface area (TPSA) is 48.5 Å². The van der Waals surface area contributed by atoms with Gasteiger partial charge < -0.3 is 0 Å². The van der Waals surface area contributed by atoms with Gasteiger partial charge in [0.25, 0.3) is 0 Å². The van der Waals surface area contributed by atoms with Crippen molar-refractivity contribution in [3.8, 4) is 6.07 Å². The van der Waals surface area contributed by atoms with Crippen LogP contribution in [0.3, 0.4) is 0 Å². The van der Waals surface area contributed by atoms with Crippen molar-refractivity contribution < 1.29 is 0 Å². The van der Waals surface area contributed by atoms with Crippen molar-refractivity contribution in [2.75, 3.05) is 0 Å². The van der Waals surface area contributed by atoms with Crippen LogP contribution in [-0.2, 0) is 0 Å². The normalized spacial score (nSPS) is 10.6. The van der Waals surface area contributed by atoms with Gasteiger partial charge >= 0.3 is 0 Å². The molecule has 0 saturated carbocycles. The van der Waals surface area contributed by atoms with Gasteiger partial charge in [-0.2, -0.15) is 5.26 Å². The lowest BCUT2D eigenvalue weighted by Crippen LogP contribution is -1.68. The molecule has 1 heterocycles. The lowest BCUT2D eigenvalue weighted by molar-refractivity contribution is 1.24. The van der Waals surface area contributed by atoms with Gasteiger partial charge in [0, 0.05) is 4.88 Å². The fraction of sp³-hybridized carbons (Fsp3) is 0.154. The van der Waals surface area contributed by atoms with E-state index < -0.39 is 0 Å². The van der Waals surface area contributed by atoms with Crippen LogP contribution in [0.15, 0.2) is 40.6 Å². The molecule has 0 aliphatic rings. The van der Waals surface area contributed by atoms with Crippen molar-refractivity contribution in [2.24, 2.45) is 10.2 Å². The van der Waals surface area contributed by atoms with E-state index in [1.165, 1.54) is 11.3 Å². The highest BCUT2D eigenvalue weighted by Gasteiger charge is 2.03. The largest absolute Gasteiger partial charge is 0.192 e. The molecule has 3 nitrogen and oxygen atoms in total. The second-order valence-corrected chi connectivity index (χ2v) is 4.94. The first-order chi connectivity index (χ1) is 8.19. The molecule has 17 heavy (non-hydrogen) atoms. The molecule has 0 unspecified atom stereocenters. The Labute approximate surface area is 104 Å². The zero-order valence-electron chi connectivity index (χ0n) is 9.64. The fourth-order valence-electron chi connectivity index (χ4n) is 1.42. The van der Waals surface area contributed by atoms with Gasteiger partial charge in [0.2, 0.25) is 0 Å². The Hall–Kier alpha value is -1.99. The van der Waals surface area contributed by atoms with Crippen molar-refractivity contribution in [3.05, 3.63) is 46.3 Å². The molecule has 0 atom stereocenters. The fourth-order valence-corrected chi connectivity index (χ4v) is 2.21. The summed E-state index contributed by atoms with van der Waals surface area (Å²) >= 11 is 1.48. The summed E-state index contributed by atoms with van der Waals surface area (Å²) in [5.74, 6) is 0. The Morgan fingerprint density at radius 2 is 2.00 bits per heavy atom. The van der Waals surface area contributed by atoms with Crippen LogP contribution in [-0.4, -0.2) is 0 Å². The average molecular weight is 241 g/mol. The highest BCUT2D eigenvalue weighted by molar-refractivity contribution is 7.15. The van der Waals surface area contributed by atoms with E-state index in [0.717, 1.165) is 21.1 Å². The van der Waals surface area contributed by atoms with E-state index in [2.05, 4.69) is 16.3 Å². The van der Waals surface area contributed by atoms with Crippen molar-refractivity contribution in [2.45, 2.75) is 13.8 Å². The number of hydrogen-bond acceptors (Lipinski definition) is 4. The molecule has 1 aromatic carbocycles. The van der Waals surface area contributed by atoms with E-state index in [4.69, 9.17) is 5.26 Å². The van der Waals surface area contributed by atoms with Crippen molar-refractivity contribution in [1.29, 1.82) is 5.26 Å². The van der Waals surface area contributed by atoms with E-state index in [1.807, 2.05) is 38.1 Å². The number of benzene rings is 1. The maximum absolute atomic E-state index is 8.84. The summed E-state index contributed by atoms with van der Waals surface area (Å²) in [4.78, 5) is 0.977. The molecular weight excluding hydrogens is 230 g/mol. The zero-order valence-corrected chi connectivity index (χ0v) is 10.5. The van der Waals surface area contributed by atoms with E-state index in [9.17, 15) is 0 Å². The SMILES string of the molecule is Cc1cccc(N=Nc2cc(C#N)c(C)s2)c1. The molecule has 1 aromatic heterocycles. The van der Waals surface area contributed by atoms with E-state index >= 15 is 0 Å². The third-order valence-electron chi connectivity index (χ3n) is 2.29. The Balaban J connectivity index is 2.23. The van der Waals surface area contributed by atoms with E-state index in [-0.39, 0.29) is 0 Å². The Bertz CT molecular complexity index is 605. The predicted molar refractivity (Wildman–Crippen MR) is 69.1 cm³/mol. The van der Waals surface area contributed by atoms with Gasteiger partial charge in [-0.1, -0.05) is 12.1 Å². The van der Waals surface area contributed by atoms with Crippen LogP contribution in [0.4, 0.5) is 10.7 Å². The summed E-state index contributed by atoms with van der Waals surface area (Å²) < 4.78 is 0. The second-order valence-electron chi connectivity index (χ2n) is 3.71. The summed E-state index contributed by atoms with van der Waals surface area (Å²) in [5, 5.41) is 17.9. The summed E-state index contributed by atoms with van der Waals surface area (Å²) in [7, 11) is 0. The minimum absolute atomic E-state index is 0.674. The van der Waals surface area contributed by atoms with E-state index in [0.29, 0.717) is 5.56 Å². The maximum Gasteiger partial charge on any atom is 0.140 e. The van der Waals surface area contributed by atoms with Gasteiger partial charge in [0.1, 0.15) is 11.1 Å². The molecule has 2 aromatic rings. The van der Waals surface area contributed by atoms with Crippen LogP contribution in [0.5, 0.6) is 0 Å². The third-order valence-corrected chi connectivity index (χ3v) is 3.23. The first-order valence-electron chi connectivity index (χ1n) is 5.18. The molecule has 0 aliphatic heterocycles. The molecule has 0 saturated heterocycles. The minimum atomic E-state index is 0.674. The first kappa shape index (κ1) is 11.5. The third kappa shape index (κ3) is 2.77. The van der Waals surface area contributed by atoms with Crippen LogP contribution >= 0.6 is 11.3 Å². The predicted octanol–water partition coefficient (Wildman–Crippen LogP) is 4.65.